The van der Waals surface area contributed by atoms with Crippen molar-refractivity contribution in [2.75, 3.05) is 38.8 Å². The lowest BCUT2D eigenvalue weighted by Gasteiger charge is -2.05. The Balaban J connectivity index is 2.25. The number of fused-ring (bicyclic) bond motifs is 1. The largest absolute Gasteiger partial charge is 0.462 e. The van der Waals surface area contributed by atoms with Crippen molar-refractivity contribution in [3.8, 4) is 11.1 Å². The SMILES string of the molecule is CCOC(=O)c1c2ccc(CC(=O)NOCC(=O)OCCO)ccc-2c(C(=O)OCC)c1N. The molecule has 0 aromatic carbocycles. The molecule has 4 N–H and O–H groups in total. The number of amides is 1. The molecule has 2 rings (SSSR count). The molecule has 0 atom stereocenters. The fourth-order valence-electron chi connectivity index (χ4n) is 3.03. The predicted molar refractivity (Wildman–Crippen MR) is 115 cm³/mol. The first kappa shape index (κ1) is 25.6. The molecule has 2 aliphatic rings. The minimum atomic E-state index is -0.746. The summed E-state index contributed by atoms with van der Waals surface area (Å²) in [6.07, 6.45) is -0.123. The highest BCUT2D eigenvalue weighted by Gasteiger charge is 2.30. The Morgan fingerprint density at radius 1 is 0.909 bits per heavy atom. The van der Waals surface area contributed by atoms with Crippen LogP contribution in [0.1, 0.15) is 40.1 Å². The van der Waals surface area contributed by atoms with Gasteiger partial charge in [-0.3, -0.25) is 9.63 Å². The van der Waals surface area contributed by atoms with E-state index in [1.54, 1.807) is 38.1 Å². The van der Waals surface area contributed by atoms with Crippen LogP contribution in [0, 0.1) is 0 Å². The lowest BCUT2D eigenvalue weighted by atomic mass is 10.1. The molecule has 0 spiro atoms. The number of nitrogen functional groups attached to an aromatic ring is 1. The van der Waals surface area contributed by atoms with Crippen LogP contribution in [0.4, 0.5) is 5.69 Å². The molecule has 1 amide bonds. The zero-order valence-electron chi connectivity index (χ0n) is 18.3. The Morgan fingerprint density at radius 3 is 1.94 bits per heavy atom. The molecular formula is C22H26N2O9. The number of hydroxylamine groups is 1. The second-order valence-electron chi connectivity index (χ2n) is 6.61. The number of aliphatic hydroxyl groups excluding tert-OH is 1. The van der Waals surface area contributed by atoms with Gasteiger partial charge in [0.15, 0.2) is 6.61 Å². The van der Waals surface area contributed by atoms with E-state index in [1.165, 1.54) is 0 Å². The summed E-state index contributed by atoms with van der Waals surface area (Å²) in [7, 11) is 0. The first-order valence-electron chi connectivity index (χ1n) is 10.2. The van der Waals surface area contributed by atoms with Crippen LogP contribution < -0.4 is 11.2 Å². The molecule has 33 heavy (non-hydrogen) atoms. The number of esters is 3. The van der Waals surface area contributed by atoms with Gasteiger partial charge in [0.2, 0.25) is 5.91 Å². The summed E-state index contributed by atoms with van der Waals surface area (Å²) in [5.41, 5.74) is 9.57. The fraction of sp³-hybridized carbons (Fsp3) is 0.364. The highest BCUT2D eigenvalue weighted by atomic mass is 16.7. The van der Waals surface area contributed by atoms with Gasteiger partial charge < -0.3 is 25.1 Å². The zero-order chi connectivity index (χ0) is 24.4. The number of aliphatic hydroxyl groups is 1. The van der Waals surface area contributed by atoms with Crippen LogP contribution in [0.15, 0.2) is 24.3 Å². The molecule has 0 aliphatic heterocycles. The Kier molecular flexibility index (Phi) is 9.58. The van der Waals surface area contributed by atoms with E-state index in [1.807, 2.05) is 0 Å². The summed E-state index contributed by atoms with van der Waals surface area (Å²) in [5.74, 6) is -2.65. The van der Waals surface area contributed by atoms with Crippen molar-refractivity contribution in [3.05, 3.63) is 41.0 Å². The van der Waals surface area contributed by atoms with Gasteiger partial charge in [-0.05, 0) is 30.5 Å². The summed E-state index contributed by atoms with van der Waals surface area (Å²) in [4.78, 5) is 53.2. The average Bonchev–Trinajstić information content (AvgIpc) is 2.91. The summed E-state index contributed by atoms with van der Waals surface area (Å²) in [5, 5.41) is 8.59. The van der Waals surface area contributed by atoms with Gasteiger partial charge in [-0.1, -0.05) is 24.3 Å². The maximum atomic E-state index is 12.5. The van der Waals surface area contributed by atoms with Crippen LogP contribution in [0.2, 0.25) is 0 Å². The Labute approximate surface area is 190 Å². The first-order chi connectivity index (χ1) is 15.8. The second kappa shape index (κ2) is 12.4. The minimum Gasteiger partial charge on any atom is -0.462 e. The van der Waals surface area contributed by atoms with Crippen molar-refractivity contribution in [1.82, 2.24) is 5.48 Å². The van der Waals surface area contributed by atoms with Gasteiger partial charge in [-0.15, -0.1) is 0 Å². The van der Waals surface area contributed by atoms with E-state index in [-0.39, 0.29) is 49.7 Å². The van der Waals surface area contributed by atoms with Crippen molar-refractivity contribution >= 4 is 29.5 Å². The van der Waals surface area contributed by atoms with E-state index in [2.05, 4.69) is 10.2 Å². The standard InChI is InChI=1S/C22H26N2O9/c1-3-30-21(28)18-14-7-5-13(11-16(26)24-33-12-17(27)32-10-9-25)6-8-15(14)19(20(18)23)22(29)31-4-2/h5-8,25H,3-4,9-12,23H2,1-2H3,(H,24,26). The third-order valence-electron chi connectivity index (χ3n) is 4.35. The van der Waals surface area contributed by atoms with Gasteiger partial charge in [-0.25, -0.2) is 19.9 Å². The number of carbonyl (C=O) groups is 4. The average molecular weight is 462 g/mol. The number of hydrogen-bond acceptors (Lipinski definition) is 10. The third kappa shape index (κ3) is 6.64. The van der Waals surface area contributed by atoms with E-state index in [9.17, 15) is 19.2 Å². The van der Waals surface area contributed by atoms with Gasteiger partial charge in [0, 0.05) is 0 Å². The molecule has 0 saturated heterocycles. The number of rotatable bonds is 11. The summed E-state index contributed by atoms with van der Waals surface area (Å²) in [6.45, 7) is 2.54. The first-order valence-corrected chi connectivity index (χ1v) is 10.2. The monoisotopic (exact) mass is 462 g/mol. The highest BCUT2D eigenvalue weighted by Crippen LogP contribution is 2.39. The van der Waals surface area contributed by atoms with E-state index in [0.29, 0.717) is 16.7 Å². The van der Waals surface area contributed by atoms with Gasteiger partial charge in [0.05, 0.1) is 43.1 Å². The van der Waals surface area contributed by atoms with Crippen molar-refractivity contribution < 1.29 is 43.3 Å². The molecule has 0 aromatic heterocycles. The normalized spacial score (nSPS) is 10.5. The summed E-state index contributed by atoms with van der Waals surface area (Å²) < 4.78 is 14.8. The van der Waals surface area contributed by atoms with Crippen molar-refractivity contribution in [2.24, 2.45) is 0 Å². The summed E-state index contributed by atoms with van der Waals surface area (Å²) in [6, 6.07) is 6.32. The Hall–Kier alpha value is -3.70. The van der Waals surface area contributed by atoms with Crippen LogP contribution in [0.5, 0.6) is 0 Å². The van der Waals surface area contributed by atoms with E-state index >= 15 is 0 Å². The lowest BCUT2D eigenvalue weighted by molar-refractivity contribution is -0.155. The van der Waals surface area contributed by atoms with Crippen LogP contribution in [-0.2, 0) is 35.1 Å². The van der Waals surface area contributed by atoms with E-state index in [0.717, 1.165) is 0 Å². The quantitative estimate of drug-likeness (QED) is 0.248. The molecule has 0 aromatic rings. The number of carbonyl (C=O) groups excluding carboxylic acids is 4. The molecule has 0 fully saturated rings. The van der Waals surface area contributed by atoms with Crippen molar-refractivity contribution in [3.63, 3.8) is 0 Å². The van der Waals surface area contributed by atoms with Crippen LogP contribution >= 0.6 is 0 Å². The molecule has 11 heteroatoms. The van der Waals surface area contributed by atoms with Crippen molar-refractivity contribution in [1.29, 1.82) is 0 Å². The molecule has 0 bridgehead atoms. The topological polar surface area (TPSA) is 163 Å². The smallest absolute Gasteiger partial charge is 0.340 e. The second-order valence-corrected chi connectivity index (χ2v) is 6.61. The van der Waals surface area contributed by atoms with Crippen LogP contribution in [0.25, 0.3) is 11.1 Å². The maximum Gasteiger partial charge on any atom is 0.340 e. The van der Waals surface area contributed by atoms with Crippen LogP contribution in [0.3, 0.4) is 0 Å². The zero-order valence-corrected chi connectivity index (χ0v) is 18.3. The van der Waals surface area contributed by atoms with Gasteiger partial charge in [-0.2, -0.15) is 0 Å². The van der Waals surface area contributed by atoms with E-state index in [4.69, 9.17) is 25.2 Å². The molecule has 11 nitrogen and oxygen atoms in total. The van der Waals surface area contributed by atoms with Gasteiger partial charge in [0.1, 0.15) is 6.61 Å². The lowest BCUT2D eigenvalue weighted by Crippen LogP contribution is -2.28. The predicted octanol–water partition coefficient (Wildman–Crippen LogP) is 0.853. The maximum absolute atomic E-state index is 12.5. The number of anilines is 1. The fourth-order valence-corrected chi connectivity index (χ4v) is 3.03. The molecule has 0 heterocycles. The molecular weight excluding hydrogens is 436 g/mol. The molecule has 178 valence electrons. The highest BCUT2D eigenvalue weighted by molar-refractivity contribution is 6.15. The summed E-state index contributed by atoms with van der Waals surface area (Å²) >= 11 is 0. The van der Waals surface area contributed by atoms with Gasteiger partial charge in [0.25, 0.3) is 0 Å². The van der Waals surface area contributed by atoms with E-state index < -0.39 is 30.4 Å². The molecule has 0 saturated carbocycles. The molecule has 0 unspecified atom stereocenters. The van der Waals surface area contributed by atoms with Crippen LogP contribution in [-0.4, -0.2) is 62.0 Å². The van der Waals surface area contributed by atoms with Crippen molar-refractivity contribution in [2.45, 2.75) is 20.3 Å². The number of ether oxygens (including phenoxy) is 3. The molecule has 0 radical (unpaired) electrons. The number of hydrogen-bond donors (Lipinski definition) is 3. The Morgan fingerprint density at radius 2 is 1.45 bits per heavy atom. The molecule has 2 aliphatic carbocycles. The number of nitrogens with two attached hydrogens (primary N) is 1. The third-order valence-corrected chi connectivity index (χ3v) is 4.35. The Bertz CT molecular complexity index is 934. The minimum absolute atomic E-state index is 0.0334. The number of nitrogens with one attached hydrogen (secondary N) is 1. The van der Waals surface area contributed by atoms with Gasteiger partial charge >= 0.3 is 17.9 Å².